The minimum absolute atomic E-state index is 0.281. The fraction of sp³-hybridized carbons (Fsp3) is 0.273. The summed E-state index contributed by atoms with van der Waals surface area (Å²) < 4.78 is 15.3. The van der Waals surface area contributed by atoms with Gasteiger partial charge in [-0.1, -0.05) is 36.4 Å². The molecule has 0 unspecified atom stereocenters. The molecule has 0 aliphatic heterocycles. The molecule has 0 aliphatic rings. The van der Waals surface area contributed by atoms with Crippen LogP contribution in [0.2, 0.25) is 0 Å². The van der Waals surface area contributed by atoms with Gasteiger partial charge in [-0.25, -0.2) is 19.6 Å². The van der Waals surface area contributed by atoms with E-state index in [1.807, 2.05) is 36.4 Å². The third kappa shape index (κ3) is 4.90. The minimum Gasteiger partial charge on any atom is -0.461 e. The molecule has 208 valence electrons. The average molecular weight is 549 g/mol. The van der Waals surface area contributed by atoms with Crippen molar-refractivity contribution in [1.29, 1.82) is 0 Å². The van der Waals surface area contributed by atoms with Gasteiger partial charge in [0, 0.05) is 45.7 Å². The number of para-hydroxylation sites is 2. The number of carbonyl (C=O) groups excluding carboxylic acids is 2. The van der Waals surface area contributed by atoms with Gasteiger partial charge in [0.2, 0.25) is 0 Å². The lowest BCUT2D eigenvalue weighted by molar-refractivity contribution is 0.0471. The van der Waals surface area contributed by atoms with Crippen molar-refractivity contribution in [3.8, 4) is 0 Å². The number of fused-ring (bicyclic) bond motifs is 6. The number of benzene rings is 2. The molecule has 6 rings (SSSR count). The smallest absolute Gasteiger partial charge is 0.356 e. The van der Waals surface area contributed by atoms with E-state index >= 15 is 0 Å². The van der Waals surface area contributed by atoms with Crippen LogP contribution in [-0.2, 0) is 22.6 Å². The standard InChI is InChI=1S/C33H32N4O4/c1-3-36-28-14-8-6-12-22(28)24-18-26(34-20-30(24)36)32(38)40-16-10-5-11-17-41-33(39)27-19-25-23-13-7-9-15-29(23)37(4-2)31(25)21-35-27/h6-9,12-15,18-21H,3-5,10-11,16-17H2,1-2H3. The molecule has 6 aromatic rings. The number of pyridine rings is 2. The summed E-state index contributed by atoms with van der Waals surface area (Å²) in [5.41, 5.74) is 4.86. The van der Waals surface area contributed by atoms with E-state index in [4.69, 9.17) is 9.47 Å². The van der Waals surface area contributed by atoms with Crippen LogP contribution in [0.25, 0.3) is 43.6 Å². The van der Waals surface area contributed by atoms with Crippen molar-refractivity contribution < 1.29 is 19.1 Å². The monoisotopic (exact) mass is 548 g/mol. The van der Waals surface area contributed by atoms with Crippen molar-refractivity contribution >= 4 is 55.6 Å². The molecule has 0 amide bonds. The predicted octanol–water partition coefficient (Wildman–Crippen LogP) is 6.92. The molecule has 0 atom stereocenters. The molecule has 4 heterocycles. The van der Waals surface area contributed by atoms with Crippen LogP contribution in [-0.4, -0.2) is 44.3 Å². The van der Waals surface area contributed by atoms with Crippen molar-refractivity contribution in [2.24, 2.45) is 0 Å². The third-order valence-corrected chi connectivity index (χ3v) is 7.62. The lowest BCUT2D eigenvalue weighted by Crippen LogP contribution is -2.10. The second-order valence-corrected chi connectivity index (χ2v) is 10.0. The Bertz CT molecular complexity index is 1760. The summed E-state index contributed by atoms with van der Waals surface area (Å²) >= 11 is 0. The van der Waals surface area contributed by atoms with Gasteiger partial charge in [-0.2, -0.15) is 0 Å². The lowest BCUT2D eigenvalue weighted by Gasteiger charge is -2.07. The summed E-state index contributed by atoms with van der Waals surface area (Å²) in [6.45, 7) is 6.39. The van der Waals surface area contributed by atoms with Crippen LogP contribution in [0, 0.1) is 0 Å². The van der Waals surface area contributed by atoms with E-state index in [9.17, 15) is 9.59 Å². The van der Waals surface area contributed by atoms with Gasteiger partial charge in [0.1, 0.15) is 11.4 Å². The zero-order valence-corrected chi connectivity index (χ0v) is 23.3. The Morgan fingerprint density at radius 3 is 1.49 bits per heavy atom. The molecule has 0 spiro atoms. The number of ether oxygens (including phenoxy) is 2. The van der Waals surface area contributed by atoms with E-state index in [1.54, 1.807) is 12.4 Å². The van der Waals surface area contributed by atoms with Crippen LogP contribution < -0.4 is 0 Å². The van der Waals surface area contributed by atoms with E-state index < -0.39 is 11.9 Å². The lowest BCUT2D eigenvalue weighted by atomic mass is 10.1. The van der Waals surface area contributed by atoms with E-state index in [-0.39, 0.29) is 13.2 Å². The van der Waals surface area contributed by atoms with Gasteiger partial charge in [-0.05, 0) is 57.4 Å². The van der Waals surface area contributed by atoms with Crippen LogP contribution in [0.15, 0.2) is 73.1 Å². The van der Waals surface area contributed by atoms with Crippen molar-refractivity contribution in [3.05, 3.63) is 84.4 Å². The van der Waals surface area contributed by atoms with Crippen molar-refractivity contribution in [1.82, 2.24) is 19.1 Å². The van der Waals surface area contributed by atoms with E-state index in [0.717, 1.165) is 63.1 Å². The average Bonchev–Trinajstić information content (AvgIpc) is 3.51. The molecule has 0 fully saturated rings. The highest BCUT2D eigenvalue weighted by atomic mass is 16.5. The van der Waals surface area contributed by atoms with Crippen LogP contribution in [0.1, 0.15) is 54.1 Å². The first-order valence-electron chi connectivity index (χ1n) is 14.2. The van der Waals surface area contributed by atoms with E-state index in [1.165, 1.54) is 0 Å². The zero-order valence-electron chi connectivity index (χ0n) is 23.3. The number of hydrogen-bond acceptors (Lipinski definition) is 6. The fourth-order valence-corrected chi connectivity index (χ4v) is 5.65. The molecule has 0 saturated carbocycles. The number of carbonyl (C=O) groups is 2. The summed E-state index contributed by atoms with van der Waals surface area (Å²) in [6, 6.07) is 19.9. The van der Waals surface area contributed by atoms with Gasteiger partial charge >= 0.3 is 11.9 Å². The fourth-order valence-electron chi connectivity index (χ4n) is 5.65. The van der Waals surface area contributed by atoms with Gasteiger partial charge in [-0.15, -0.1) is 0 Å². The minimum atomic E-state index is -0.433. The molecular formula is C33H32N4O4. The second kappa shape index (κ2) is 11.4. The summed E-state index contributed by atoms with van der Waals surface area (Å²) in [5.74, 6) is -0.866. The summed E-state index contributed by atoms with van der Waals surface area (Å²) in [6.07, 6.45) is 5.59. The highest BCUT2D eigenvalue weighted by molar-refractivity contribution is 6.10. The summed E-state index contributed by atoms with van der Waals surface area (Å²) in [4.78, 5) is 34.1. The van der Waals surface area contributed by atoms with Gasteiger partial charge < -0.3 is 18.6 Å². The SMILES string of the molecule is CCn1c2ccccc2c2cc(C(=O)OCCCCCOC(=O)c3cc4c5ccccc5n(CC)c4cn3)ncc21. The summed E-state index contributed by atoms with van der Waals surface area (Å²) in [5, 5.41) is 4.18. The van der Waals surface area contributed by atoms with Crippen LogP contribution in [0.5, 0.6) is 0 Å². The quantitative estimate of drug-likeness (QED) is 0.136. The Hall–Kier alpha value is -4.72. The van der Waals surface area contributed by atoms with Crippen molar-refractivity contribution in [3.63, 3.8) is 0 Å². The van der Waals surface area contributed by atoms with Gasteiger partial charge in [0.15, 0.2) is 0 Å². The van der Waals surface area contributed by atoms with Gasteiger partial charge in [-0.3, -0.25) is 0 Å². The largest absolute Gasteiger partial charge is 0.461 e. The molecule has 0 bridgehead atoms. The third-order valence-electron chi connectivity index (χ3n) is 7.62. The molecule has 0 saturated heterocycles. The Kier molecular flexibility index (Phi) is 7.37. The number of rotatable bonds is 10. The molecule has 4 aromatic heterocycles. The Morgan fingerprint density at radius 1 is 0.610 bits per heavy atom. The maximum atomic E-state index is 12.7. The van der Waals surface area contributed by atoms with E-state index in [0.29, 0.717) is 24.2 Å². The van der Waals surface area contributed by atoms with Crippen LogP contribution in [0.4, 0.5) is 0 Å². The van der Waals surface area contributed by atoms with E-state index in [2.05, 4.69) is 57.2 Å². The Labute approximate surface area is 237 Å². The van der Waals surface area contributed by atoms with Gasteiger partial charge in [0.05, 0.1) is 36.6 Å². The van der Waals surface area contributed by atoms with Crippen molar-refractivity contribution in [2.45, 2.75) is 46.2 Å². The molecular weight excluding hydrogens is 516 g/mol. The molecule has 0 N–H and O–H groups in total. The normalized spacial score (nSPS) is 11.6. The summed E-state index contributed by atoms with van der Waals surface area (Å²) in [7, 11) is 0. The number of aryl methyl sites for hydroxylation is 2. The zero-order chi connectivity index (χ0) is 28.3. The Balaban J connectivity index is 0.991. The molecule has 0 aliphatic carbocycles. The highest BCUT2D eigenvalue weighted by Crippen LogP contribution is 2.30. The number of nitrogens with zero attached hydrogens (tertiary/aromatic N) is 4. The Morgan fingerprint density at radius 2 is 1.05 bits per heavy atom. The predicted molar refractivity (Wildman–Crippen MR) is 160 cm³/mol. The first-order chi connectivity index (χ1) is 20.1. The van der Waals surface area contributed by atoms with Gasteiger partial charge in [0.25, 0.3) is 0 Å². The van der Waals surface area contributed by atoms with Crippen LogP contribution in [0.3, 0.4) is 0 Å². The maximum absolute atomic E-state index is 12.7. The number of unbranched alkanes of at least 4 members (excludes halogenated alkanes) is 2. The molecule has 8 nitrogen and oxygen atoms in total. The molecule has 2 aromatic carbocycles. The maximum Gasteiger partial charge on any atom is 0.356 e. The highest BCUT2D eigenvalue weighted by Gasteiger charge is 2.16. The number of aromatic nitrogens is 4. The molecule has 8 heteroatoms. The number of esters is 2. The number of hydrogen-bond donors (Lipinski definition) is 0. The topological polar surface area (TPSA) is 88.2 Å². The van der Waals surface area contributed by atoms with Crippen LogP contribution >= 0.6 is 0 Å². The second-order valence-electron chi connectivity index (χ2n) is 10.0. The van der Waals surface area contributed by atoms with Crippen molar-refractivity contribution in [2.75, 3.05) is 13.2 Å². The first-order valence-corrected chi connectivity index (χ1v) is 14.2. The molecule has 41 heavy (non-hydrogen) atoms. The molecule has 0 radical (unpaired) electrons. The first kappa shape index (κ1) is 26.5.